The van der Waals surface area contributed by atoms with Gasteiger partial charge in [0.2, 0.25) is 12.0 Å². The number of ether oxygens (including phenoxy) is 2. The number of amides is 3. The summed E-state index contributed by atoms with van der Waals surface area (Å²) in [5.41, 5.74) is 4.75. The third-order valence-electron chi connectivity index (χ3n) is 8.42. The molecule has 0 aromatic heterocycles. The average Bonchev–Trinajstić information content (AvgIpc) is 3.30. The molecule has 1 aromatic rings. The normalized spacial score (nSPS) is 35.9. The first kappa shape index (κ1) is 20.8. The number of likely N-dealkylation sites (tertiary alicyclic amines) is 1. The number of hydrazine groups is 1. The van der Waals surface area contributed by atoms with Crippen molar-refractivity contribution >= 4 is 17.7 Å². The van der Waals surface area contributed by atoms with Crippen molar-refractivity contribution in [1.82, 2.24) is 15.8 Å². The van der Waals surface area contributed by atoms with Gasteiger partial charge in [-0.15, -0.1) is 0 Å². The molecule has 2 heterocycles. The largest absolute Gasteiger partial charge is 0.485 e. The van der Waals surface area contributed by atoms with E-state index in [9.17, 15) is 14.4 Å². The lowest BCUT2D eigenvalue weighted by molar-refractivity contribution is -0.160. The number of fused-ring (bicyclic) bond motifs is 1. The second-order valence-corrected chi connectivity index (χ2v) is 10.7. The molecule has 3 amide bonds. The number of rotatable bonds is 3. The fourth-order valence-corrected chi connectivity index (χ4v) is 7.40. The van der Waals surface area contributed by atoms with Gasteiger partial charge in [-0.3, -0.25) is 25.2 Å². The lowest BCUT2D eigenvalue weighted by Crippen LogP contribution is -2.59. The van der Waals surface area contributed by atoms with E-state index in [2.05, 4.69) is 10.9 Å². The highest BCUT2D eigenvalue weighted by molar-refractivity contribution is 5.92. The van der Waals surface area contributed by atoms with Crippen molar-refractivity contribution in [3.05, 3.63) is 24.3 Å². The highest BCUT2D eigenvalue weighted by atomic mass is 16.6. The van der Waals surface area contributed by atoms with E-state index in [4.69, 9.17) is 9.47 Å². The summed E-state index contributed by atoms with van der Waals surface area (Å²) in [4.78, 5) is 41.1. The molecule has 2 N–H and O–H groups in total. The molecule has 8 heteroatoms. The van der Waals surface area contributed by atoms with Crippen molar-refractivity contribution in [3.63, 3.8) is 0 Å². The van der Waals surface area contributed by atoms with Crippen LogP contribution in [0.25, 0.3) is 0 Å². The van der Waals surface area contributed by atoms with E-state index in [1.54, 1.807) is 23.1 Å². The van der Waals surface area contributed by atoms with Gasteiger partial charge in [0, 0.05) is 6.54 Å². The molecule has 4 bridgehead atoms. The second-order valence-electron chi connectivity index (χ2n) is 10.7. The maximum Gasteiger partial charge on any atom is 0.283 e. The summed E-state index contributed by atoms with van der Waals surface area (Å²) in [6, 6.07) is 6.62. The molecule has 8 nitrogen and oxygen atoms in total. The van der Waals surface area contributed by atoms with E-state index in [0.29, 0.717) is 42.2 Å². The fourth-order valence-electron chi connectivity index (χ4n) is 7.40. The molecule has 1 saturated heterocycles. The molecule has 2 atom stereocenters. The van der Waals surface area contributed by atoms with Crippen LogP contribution >= 0.6 is 0 Å². The minimum Gasteiger partial charge on any atom is -0.485 e. The van der Waals surface area contributed by atoms with Crippen LogP contribution < -0.4 is 20.3 Å². The third-order valence-corrected chi connectivity index (χ3v) is 8.42. The van der Waals surface area contributed by atoms with Crippen molar-refractivity contribution in [2.45, 2.75) is 63.5 Å². The van der Waals surface area contributed by atoms with Gasteiger partial charge in [-0.05, 0) is 81.3 Å². The van der Waals surface area contributed by atoms with E-state index < -0.39 is 18.1 Å². The smallest absolute Gasteiger partial charge is 0.283 e. The van der Waals surface area contributed by atoms with Crippen LogP contribution in [-0.2, 0) is 14.4 Å². The summed E-state index contributed by atoms with van der Waals surface area (Å²) in [6.45, 7) is 0.682. The molecule has 1 aromatic carbocycles. The van der Waals surface area contributed by atoms with Gasteiger partial charge in [0.25, 0.3) is 11.8 Å². The van der Waals surface area contributed by atoms with E-state index in [0.717, 1.165) is 25.7 Å². The molecular weight excluding hydrogens is 422 g/mol. The highest BCUT2D eigenvalue weighted by Gasteiger charge is 2.56. The Labute approximate surface area is 193 Å². The van der Waals surface area contributed by atoms with Crippen LogP contribution in [0.5, 0.6) is 11.5 Å². The summed E-state index contributed by atoms with van der Waals surface area (Å²) >= 11 is 0. The number of benzene rings is 1. The van der Waals surface area contributed by atoms with E-state index in [1.807, 2.05) is 6.07 Å². The lowest BCUT2D eigenvalue weighted by Gasteiger charge is -2.56. The van der Waals surface area contributed by atoms with Crippen LogP contribution in [0.1, 0.15) is 51.4 Å². The number of carbonyl (C=O) groups excluding carboxylic acids is 3. The second kappa shape index (κ2) is 7.92. The van der Waals surface area contributed by atoms with Crippen LogP contribution in [0, 0.1) is 23.2 Å². The molecule has 33 heavy (non-hydrogen) atoms. The zero-order valence-electron chi connectivity index (χ0n) is 18.8. The molecule has 2 unspecified atom stereocenters. The first-order chi connectivity index (χ1) is 16.0. The topological polar surface area (TPSA) is 97.0 Å². The standard InChI is InChI=1S/C25H31N3O5/c29-22(26-27-23(30)21-14-32-19-5-1-2-6-20(19)33-21)18-4-3-7-28(18)24(31)25-11-15-8-16(12-25)10-17(9-15)13-25/h1-2,5-6,15-18,21H,3-4,7-14H2,(H,26,29)(H,27,30). The van der Waals surface area contributed by atoms with Gasteiger partial charge in [-0.2, -0.15) is 0 Å². The highest BCUT2D eigenvalue weighted by Crippen LogP contribution is 2.60. The van der Waals surface area contributed by atoms with Gasteiger partial charge < -0.3 is 14.4 Å². The lowest BCUT2D eigenvalue weighted by atomic mass is 9.49. The molecule has 2 aliphatic heterocycles. The van der Waals surface area contributed by atoms with Crippen LogP contribution in [0.4, 0.5) is 0 Å². The van der Waals surface area contributed by atoms with Crippen molar-refractivity contribution in [2.24, 2.45) is 23.2 Å². The summed E-state index contributed by atoms with van der Waals surface area (Å²) in [5, 5.41) is 0. The number of hydrogen-bond donors (Lipinski definition) is 2. The SMILES string of the molecule is O=C(NNC(=O)C1CCCN1C(=O)C12CC3CC(CC(C3)C1)C2)C1COc2ccccc2O1. The zero-order valence-corrected chi connectivity index (χ0v) is 18.8. The van der Waals surface area contributed by atoms with Crippen molar-refractivity contribution < 1.29 is 23.9 Å². The quantitative estimate of drug-likeness (QED) is 0.684. The minimum atomic E-state index is -0.853. The Balaban J connectivity index is 1.07. The number of hydrogen-bond acceptors (Lipinski definition) is 5. The predicted octanol–water partition coefficient (Wildman–Crippen LogP) is 2.18. The van der Waals surface area contributed by atoms with Crippen LogP contribution in [0.3, 0.4) is 0 Å². The maximum atomic E-state index is 13.7. The first-order valence-corrected chi connectivity index (χ1v) is 12.3. The summed E-state index contributed by atoms with van der Waals surface area (Å²) in [6.07, 6.45) is 7.37. The number of nitrogens with one attached hydrogen (secondary N) is 2. The van der Waals surface area contributed by atoms with Gasteiger partial charge in [0.05, 0.1) is 5.41 Å². The van der Waals surface area contributed by atoms with E-state index >= 15 is 0 Å². The van der Waals surface area contributed by atoms with Gasteiger partial charge >= 0.3 is 0 Å². The van der Waals surface area contributed by atoms with Crippen molar-refractivity contribution in [3.8, 4) is 11.5 Å². The summed E-state index contributed by atoms with van der Waals surface area (Å²) in [7, 11) is 0. The Bertz CT molecular complexity index is 943. The predicted molar refractivity (Wildman–Crippen MR) is 118 cm³/mol. The van der Waals surface area contributed by atoms with Gasteiger partial charge in [-0.1, -0.05) is 12.1 Å². The van der Waals surface area contributed by atoms with Gasteiger partial charge in [0.1, 0.15) is 12.6 Å². The molecule has 0 spiro atoms. The number of nitrogens with zero attached hydrogens (tertiary/aromatic N) is 1. The molecule has 0 radical (unpaired) electrons. The molecule has 4 saturated carbocycles. The van der Waals surface area contributed by atoms with Crippen LogP contribution in [0.2, 0.25) is 0 Å². The maximum absolute atomic E-state index is 13.7. The average molecular weight is 454 g/mol. The minimum absolute atomic E-state index is 0.0682. The Morgan fingerprint density at radius 3 is 2.24 bits per heavy atom. The Morgan fingerprint density at radius 2 is 1.55 bits per heavy atom. The Morgan fingerprint density at radius 1 is 0.909 bits per heavy atom. The van der Waals surface area contributed by atoms with Crippen molar-refractivity contribution in [1.29, 1.82) is 0 Å². The monoisotopic (exact) mass is 453 g/mol. The molecule has 6 aliphatic rings. The van der Waals surface area contributed by atoms with Crippen LogP contribution in [-0.4, -0.2) is 47.9 Å². The van der Waals surface area contributed by atoms with Gasteiger partial charge in [0.15, 0.2) is 11.5 Å². The van der Waals surface area contributed by atoms with E-state index in [-0.39, 0.29) is 23.8 Å². The molecule has 5 fully saturated rings. The van der Waals surface area contributed by atoms with Gasteiger partial charge in [-0.25, -0.2) is 0 Å². The Hall–Kier alpha value is -2.77. The van der Waals surface area contributed by atoms with E-state index in [1.165, 1.54) is 19.3 Å². The molecule has 4 aliphatic carbocycles. The molecular formula is C25H31N3O5. The number of carbonyl (C=O) groups is 3. The Kier molecular flexibility index (Phi) is 4.99. The fraction of sp³-hybridized carbons (Fsp3) is 0.640. The first-order valence-electron chi connectivity index (χ1n) is 12.3. The summed E-state index contributed by atoms with van der Waals surface area (Å²) < 4.78 is 11.3. The molecule has 7 rings (SSSR count). The zero-order chi connectivity index (χ0) is 22.6. The third kappa shape index (κ3) is 3.63. The summed E-state index contributed by atoms with van der Waals surface area (Å²) in [5.74, 6) is 2.48. The van der Waals surface area contributed by atoms with Crippen molar-refractivity contribution in [2.75, 3.05) is 13.2 Å². The molecule has 176 valence electrons. The number of para-hydroxylation sites is 2. The van der Waals surface area contributed by atoms with Crippen LogP contribution in [0.15, 0.2) is 24.3 Å².